The number of nitrogens with one attached hydrogen (secondary N) is 1. The zero-order chi connectivity index (χ0) is 17.5. The van der Waals surface area contributed by atoms with Crippen molar-refractivity contribution in [1.82, 2.24) is 9.97 Å². The van der Waals surface area contributed by atoms with Crippen LogP contribution in [-0.4, -0.2) is 17.1 Å². The van der Waals surface area contributed by atoms with Gasteiger partial charge in [-0.2, -0.15) is 0 Å². The molecule has 0 aliphatic heterocycles. The minimum atomic E-state index is -0.327. The summed E-state index contributed by atoms with van der Waals surface area (Å²) < 4.78 is 18.7. The van der Waals surface area contributed by atoms with Gasteiger partial charge in [-0.25, -0.2) is 14.4 Å². The van der Waals surface area contributed by atoms with Gasteiger partial charge in [0.2, 0.25) is 0 Å². The van der Waals surface area contributed by atoms with E-state index in [9.17, 15) is 4.39 Å². The van der Waals surface area contributed by atoms with Gasteiger partial charge in [-0.05, 0) is 30.9 Å². The second kappa shape index (κ2) is 8.62. The van der Waals surface area contributed by atoms with E-state index in [4.69, 9.17) is 4.74 Å². The number of rotatable bonds is 8. The molecule has 1 atom stereocenters. The van der Waals surface area contributed by atoms with E-state index in [0.717, 1.165) is 42.8 Å². The topological polar surface area (TPSA) is 47.0 Å². The molecule has 0 radical (unpaired) electrons. The van der Waals surface area contributed by atoms with E-state index in [0.29, 0.717) is 17.4 Å². The highest BCUT2D eigenvalue weighted by atomic mass is 19.1. The molecule has 1 N–H and O–H groups in total. The van der Waals surface area contributed by atoms with Crippen LogP contribution in [0.4, 0.5) is 15.9 Å². The summed E-state index contributed by atoms with van der Waals surface area (Å²) in [6.07, 6.45) is 5.55. The minimum absolute atomic E-state index is 0.327. The molecule has 4 nitrogen and oxygen atoms in total. The molecule has 0 aliphatic carbocycles. The fraction of sp³-hybridized carbons (Fsp3) is 0.474. The number of hydrogen-bond acceptors (Lipinski definition) is 4. The van der Waals surface area contributed by atoms with Crippen molar-refractivity contribution in [2.75, 3.05) is 12.4 Å². The van der Waals surface area contributed by atoms with E-state index in [1.165, 1.54) is 19.2 Å². The van der Waals surface area contributed by atoms with Gasteiger partial charge in [0.1, 0.15) is 23.7 Å². The second-order valence-electron chi connectivity index (χ2n) is 6.08. The van der Waals surface area contributed by atoms with Crippen molar-refractivity contribution < 1.29 is 9.13 Å². The smallest absolute Gasteiger partial charge is 0.145 e. The number of methoxy groups -OCH3 is 1. The molecule has 0 amide bonds. The lowest BCUT2D eigenvalue weighted by atomic mass is 9.98. The van der Waals surface area contributed by atoms with Gasteiger partial charge < -0.3 is 10.1 Å². The zero-order valence-electron chi connectivity index (χ0n) is 14.9. The highest BCUT2D eigenvalue weighted by Crippen LogP contribution is 2.30. The fourth-order valence-corrected chi connectivity index (χ4v) is 2.62. The molecule has 130 valence electrons. The van der Waals surface area contributed by atoms with Crippen LogP contribution in [0.5, 0.6) is 5.75 Å². The van der Waals surface area contributed by atoms with Crippen LogP contribution in [0.25, 0.3) is 0 Å². The molecular formula is C19H26FN3O. The molecule has 0 aliphatic rings. The molecule has 1 aromatic heterocycles. The first kappa shape index (κ1) is 18.2. The standard InChI is InChI=1S/C19H26FN3O/c1-5-7-15-17(10-13(3)6-2)21-12-22-19(15)23-16-9-8-14(20)11-18(16)24-4/h8-9,11-13H,5-7,10H2,1-4H3,(H,21,22,23). The fourth-order valence-electron chi connectivity index (χ4n) is 2.62. The summed E-state index contributed by atoms with van der Waals surface area (Å²) >= 11 is 0. The van der Waals surface area contributed by atoms with Gasteiger partial charge in [0, 0.05) is 17.3 Å². The Bertz CT molecular complexity index is 676. The van der Waals surface area contributed by atoms with Crippen LogP contribution < -0.4 is 10.1 Å². The van der Waals surface area contributed by atoms with Crippen molar-refractivity contribution in [2.45, 2.75) is 46.5 Å². The van der Waals surface area contributed by atoms with E-state index >= 15 is 0 Å². The van der Waals surface area contributed by atoms with Gasteiger partial charge >= 0.3 is 0 Å². The van der Waals surface area contributed by atoms with Crippen molar-refractivity contribution in [3.8, 4) is 5.75 Å². The Morgan fingerprint density at radius 3 is 2.71 bits per heavy atom. The van der Waals surface area contributed by atoms with Crippen molar-refractivity contribution >= 4 is 11.5 Å². The summed E-state index contributed by atoms with van der Waals surface area (Å²) in [6.45, 7) is 6.56. The Labute approximate surface area is 143 Å². The Morgan fingerprint density at radius 2 is 2.04 bits per heavy atom. The zero-order valence-corrected chi connectivity index (χ0v) is 14.9. The van der Waals surface area contributed by atoms with Gasteiger partial charge in [0.15, 0.2) is 0 Å². The summed E-state index contributed by atoms with van der Waals surface area (Å²) in [6, 6.07) is 4.44. The number of halogens is 1. The monoisotopic (exact) mass is 331 g/mol. The first-order chi connectivity index (χ1) is 11.6. The summed E-state index contributed by atoms with van der Waals surface area (Å²) in [5.41, 5.74) is 2.92. The van der Waals surface area contributed by atoms with Gasteiger partial charge in [-0.15, -0.1) is 0 Å². The third-order valence-corrected chi connectivity index (χ3v) is 4.19. The van der Waals surface area contributed by atoms with Crippen LogP contribution in [0.15, 0.2) is 24.5 Å². The SMILES string of the molecule is CCCc1c(CC(C)CC)ncnc1Nc1ccc(F)cc1OC. The Morgan fingerprint density at radius 1 is 1.25 bits per heavy atom. The average molecular weight is 331 g/mol. The van der Waals surface area contributed by atoms with E-state index in [2.05, 4.69) is 36.1 Å². The number of aromatic nitrogens is 2. The van der Waals surface area contributed by atoms with Gasteiger partial charge in [-0.1, -0.05) is 33.6 Å². The van der Waals surface area contributed by atoms with E-state index in [1.807, 2.05) is 0 Å². The normalized spacial score (nSPS) is 12.0. The quantitative estimate of drug-likeness (QED) is 0.746. The molecule has 5 heteroatoms. The Hall–Kier alpha value is -2.17. The summed E-state index contributed by atoms with van der Waals surface area (Å²) in [5, 5.41) is 3.29. The molecule has 2 rings (SSSR count). The maximum atomic E-state index is 13.4. The summed E-state index contributed by atoms with van der Waals surface area (Å²) in [7, 11) is 1.53. The van der Waals surface area contributed by atoms with Crippen molar-refractivity contribution in [3.05, 3.63) is 41.6 Å². The van der Waals surface area contributed by atoms with E-state index in [1.54, 1.807) is 12.4 Å². The predicted octanol–water partition coefficient (Wildman–Crippen LogP) is 4.91. The molecule has 0 fully saturated rings. The molecule has 1 unspecified atom stereocenters. The second-order valence-corrected chi connectivity index (χ2v) is 6.08. The lowest BCUT2D eigenvalue weighted by molar-refractivity contribution is 0.413. The molecule has 2 aromatic rings. The van der Waals surface area contributed by atoms with Crippen LogP contribution in [0.3, 0.4) is 0 Å². The van der Waals surface area contributed by atoms with E-state index < -0.39 is 0 Å². The molecule has 0 saturated carbocycles. The number of hydrogen-bond donors (Lipinski definition) is 1. The van der Waals surface area contributed by atoms with Crippen LogP contribution in [0, 0.1) is 11.7 Å². The predicted molar refractivity (Wildman–Crippen MR) is 95.4 cm³/mol. The third kappa shape index (κ3) is 4.43. The molecule has 0 spiro atoms. The van der Waals surface area contributed by atoms with E-state index in [-0.39, 0.29) is 5.82 Å². The van der Waals surface area contributed by atoms with Gasteiger partial charge in [0.05, 0.1) is 12.8 Å². The summed E-state index contributed by atoms with van der Waals surface area (Å²) in [4.78, 5) is 8.91. The van der Waals surface area contributed by atoms with Crippen molar-refractivity contribution in [2.24, 2.45) is 5.92 Å². The highest BCUT2D eigenvalue weighted by Gasteiger charge is 2.15. The molecular weight excluding hydrogens is 305 g/mol. The van der Waals surface area contributed by atoms with Crippen LogP contribution in [0.1, 0.15) is 44.9 Å². The molecule has 1 aromatic carbocycles. The lowest BCUT2D eigenvalue weighted by Gasteiger charge is -2.17. The highest BCUT2D eigenvalue weighted by molar-refractivity contribution is 5.66. The number of nitrogens with zero attached hydrogens (tertiary/aromatic N) is 2. The van der Waals surface area contributed by atoms with Gasteiger partial charge in [-0.3, -0.25) is 0 Å². The minimum Gasteiger partial charge on any atom is -0.494 e. The number of ether oxygens (including phenoxy) is 1. The molecule has 24 heavy (non-hydrogen) atoms. The Balaban J connectivity index is 2.37. The Kier molecular flexibility index (Phi) is 6.53. The maximum Gasteiger partial charge on any atom is 0.145 e. The maximum absolute atomic E-state index is 13.4. The first-order valence-electron chi connectivity index (χ1n) is 8.52. The van der Waals surface area contributed by atoms with Gasteiger partial charge in [0.25, 0.3) is 0 Å². The van der Waals surface area contributed by atoms with Crippen LogP contribution in [-0.2, 0) is 12.8 Å². The molecule has 0 saturated heterocycles. The average Bonchev–Trinajstić information content (AvgIpc) is 2.59. The third-order valence-electron chi connectivity index (χ3n) is 4.19. The first-order valence-corrected chi connectivity index (χ1v) is 8.52. The number of anilines is 2. The van der Waals surface area contributed by atoms with Crippen LogP contribution >= 0.6 is 0 Å². The summed E-state index contributed by atoms with van der Waals surface area (Å²) in [5.74, 6) is 1.48. The van der Waals surface area contributed by atoms with Crippen LogP contribution in [0.2, 0.25) is 0 Å². The largest absolute Gasteiger partial charge is 0.494 e. The lowest BCUT2D eigenvalue weighted by Crippen LogP contribution is -2.09. The number of benzene rings is 1. The molecule has 1 heterocycles. The van der Waals surface area contributed by atoms with Crippen molar-refractivity contribution in [3.63, 3.8) is 0 Å². The molecule has 0 bridgehead atoms. The van der Waals surface area contributed by atoms with Crippen molar-refractivity contribution in [1.29, 1.82) is 0 Å².